The molecule has 0 bridgehead atoms. The summed E-state index contributed by atoms with van der Waals surface area (Å²) < 4.78 is 31.8. The van der Waals surface area contributed by atoms with Crippen LogP contribution >= 0.6 is 11.3 Å². The Morgan fingerprint density at radius 1 is 1.31 bits per heavy atom. The lowest BCUT2D eigenvalue weighted by atomic mass is 10.0. The molecular weight excluding hydrogens is 454 g/mol. The molecule has 1 aromatic heterocycles. The molecule has 0 aliphatic carbocycles. The van der Waals surface area contributed by atoms with Crippen molar-refractivity contribution in [3.8, 4) is 0 Å². The molecule has 0 unspecified atom stereocenters. The van der Waals surface area contributed by atoms with Crippen molar-refractivity contribution in [1.82, 2.24) is 9.62 Å². The molecule has 9 nitrogen and oxygen atoms in total. The highest BCUT2D eigenvalue weighted by atomic mass is 32.2. The Labute approximate surface area is 190 Å². The molecule has 3 rings (SSSR count). The van der Waals surface area contributed by atoms with Gasteiger partial charge in [-0.15, -0.1) is 11.3 Å². The number of piperazine rings is 1. The van der Waals surface area contributed by atoms with Crippen LogP contribution in [-0.2, 0) is 26.0 Å². The second-order valence-electron chi connectivity index (χ2n) is 7.73. The molecule has 1 aromatic carbocycles. The van der Waals surface area contributed by atoms with Crippen molar-refractivity contribution < 1.29 is 27.5 Å². The van der Waals surface area contributed by atoms with Gasteiger partial charge in [-0.05, 0) is 41.5 Å². The van der Waals surface area contributed by atoms with Crippen molar-refractivity contribution in [2.24, 2.45) is 5.92 Å². The molecular formula is C21H25N3O6S2. The van der Waals surface area contributed by atoms with E-state index in [0.29, 0.717) is 22.9 Å². The van der Waals surface area contributed by atoms with E-state index in [0.717, 1.165) is 9.87 Å². The maximum atomic E-state index is 12.9. The van der Waals surface area contributed by atoms with E-state index in [1.165, 1.54) is 42.7 Å². The number of thiophene rings is 1. The molecule has 1 fully saturated rings. The number of anilines is 1. The van der Waals surface area contributed by atoms with Crippen molar-refractivity contribution in [3.05, 3.63) is 46.3 Å². The van der Waals surface area contributed by atoms with Crippen LogP contribution in [0.15, 0.2) is 34.5 Å². The van der Waals surface area contributed by atoms with Gasteiger partial charge in [0.25, 0.3) is 5.91 Å². The number of sulfonamides is 1. The molecule has 0 spiro atoms. The number of nitrogens with zero attached hydrogens (tertiary/aromatic N) is 1. The fourth-order valence-electron chi connectivity index (χ4n) is 3.34. The average molecular weight is 480 g/mol. The Morgan fingerprint density at radius 2 is 2.06 bits per heavy atom. The maximum Gasteiger partial charge on any atom is 0.341 e. The van der Waals surface area contributed by atoms with Gasteiger partial charge in [0.2, 0.25) is 15.9 Å². The smallest absolute Gasteiger partial charge is 0.341 e. The largest absolute Gasteiger partial charge is 0.465 e. The lowest BCUT2D eigenvalue weighted by molar-refractivity contribution is -0.122. The maximum absolute atomic E-state index is 12.9. The zero-order valence-electron chi connectivity index (χ0n) is 18.0. The summed E-state index contributed by atoms with van der Waals surface area (Å²) in [5, 5.41) is 7.44. The summed E-state index contributed by atoms with van der Waals surface area (Å²) >= 11 is 1.21. The third kappa shape index (κ3) is 5.17. The third-order valence-electron chi connectivity index (χ3n) is 4.85. The summed E-state index contributed by atoms with van der Waals surface area (Å²) in [5.74, 6) is -1.17. The van der Waals surface area contributed by atoms with Crippen LogP contribution in [0.3, 0.4) is 0 Å². The van der Waals surface area contributed by atoms with E-state index in [1.54, 1.807) is 0 Å². The van der Waals surface area contributed by atoms with E-state index in [1.807, 2.05) is 19.2 Å². The van der Waals surface area contributed by atoms with Gasteiger partial charge >= 0.3 is 5.97 Å². The second kappa shape index (κ2) is 9.80. The molecule has 0 atom stereocenters. The summed E-state index contributed by atoms with van der Waals surface area (Å²) in [7, 11) is -2.66. The Kier molecular flexibility index (Phi) is 7.32. The number of hydrogen-bond acceptors (Lipinski definition) is 7. The zero-order valence-corrected chi connectivity index (χ0v) is 19.6. The first-order valence-corrected chi connectivity index (χ1v) is 12.3. The summed E-state index contributed by atoms with van der Waals surface area (Å²) in [6, 6.07) is 5.59. The van der Waals surface area contributed by atoms with Crippen LogP contribution in [0.25, 0.3) is 0 Å². The van der Waals surface area contributed by atoms with Crippen LogP contribution in [0.4, 0.5) is 5.00 Å². The Balaban J connectivity index is 1.86. The molecule has 0 radical (unpaired) electrons. The van der Waals surface area contributed by atoms with Crippen LogP contribution in [0, 0.1) is 5.92 Å². The Morgan fingerprint density at radius 3 is 2.72 bits per heavy atom. The van der Waals surface area contributed by atoms with E-state index >= 15 is 0 Å². The number of rotatable bonds is 7. The molecule has 11 heteroatoms. The van der Waals surface area contributed by atoms with Gasteiger partial charge in [-0.1, -0.05) is 19.9 Å². The summed E-state index contributed by atoms with van der Waals surface area (Å²) in [4.78, 5) is 36.7. The normalized spacial score (nSPS) is 14.8. The third-order valence-corrected chi connectivity index (χ3v) is 7.63. The first-order chi connectivity index (χ1) is 15.1. The molecule has 2 aromatic rings. The number of hydrogen-bond donors (Lipinski definition) is 2. The van der Waals surface area contributed by atoms with Gasteiger partial charge < -0.3 is 15.4 Å². The van der Waals surface area contributed by atoms with Crippen molar-refractivity contribution in [3.63, 3.8) is 0 Å². The quantitative estimate of drug-likeness (QED) is 0.587. The Hall–Kier alpha value is -2.76. The fourth-order valence-corrected chi connectivity index (χ4v) is 5.75. The van der Waals surface area contributed by atoms with E-state index < -0.39 is 21.9 Å². The highest BCUT2D eigenvalue weighted by Crippen LogP contribution is 2.31. The number of ether oxygens (including phenoxy) is 1. The van der Waals surface area contributed by atoms with E-state index in [2.05, 4.69) is 10.6 Å². The number of nitrogens with one attached hydrogen (secondary N) is 2. The SMILES string of the molecule is COC(=O)c1c(CC(C)C)csc1NC(=O)c1cccc(S(=O)(=O)N2CCNC(=O)C2)c1. The summed E-state index contributed by atoms with van der Waals surface area (Å²) in [6.45, 7) is 4.16. The minimum absolute atomic E-state index is 0.0836. The van der Waals surface area contributed by atoms with Gasteiger partial charge in [0.15, 0.2) is 0 Å². The van der Waals surface area contributed by atoms with Crippen LogP contribution in [0.2, 0.25) is 0 Å². The van der Waals surface area contributed by atoms with Gasteiger partial charge in [-0.25, -0.2) is 13.2 Å². The van der Waals surface area contributed by atoms with Crippen molar-refractivity contribution in [2.45, 2.75) is 25.2 Å². The lowest BCUT2D eigenvalue weighted by Crippen LogP contribution is -2.49. The molecule has 1 saturated heterocycles. The molecule has 1 aliphatic rings. The van der Waals surface area contributed by atoms with Gasteiger partial charge in [0.1, 0.15) is 5.00 Å². The van der Waals surface area contributed by atoms with Gasteiger partial charge in [-0.2, -0.15) is 4.31 Å². The summed E-state index contributed by atoms with van der Waals surface area (Å²) in [5.41, 5.74) is 1.21. The predicted octanol–water partition coefficient (Wildman–Crippen LogP) is 2.11. The zero-order chi connectivity index (χ0) is 23.5. The number of methoxy groups -OCH3 is 1. The highest BCUT2D eigenvalue weighted by Gasteiger charge is 2.30. The summed E-state index contributed by atoms with van der Waals surface area (Å²) in [6.07, 6.45) is 0.647. The predicted molar refractivity (Wildman–Crippen MR) is 120 cm³/mol. The molecule has 172 valence electrons. The molecule has 0 saturated carbocycles. The Bertz CT molecular complexity index is 1140. The first-order valence-electron chi connectivity index (χ1n) is 10.0. The molecule has 2 N–H and O–H groups in total. The van der Waals surface area contributed by atoms with Gasteiger partial charge in [-0.3, -0.25) is 9.59 Å². The van der Waals surface area contributed by atoms with Crippen LogP contribution in [0.5, 0.6) is 0 Å². The van der Waals surface area contributed by atoms with Crippen LogP contribution in [0.1, 0.15) is 40.1 Å². The number of benzene rings is 1. The fraction of sp³-hybridized carbons (Fsp3) is 0.381. The molecule has 2 amide bonds. The van der Waals surface area contributed by atoms with E-state index in [-0.39, 0.29) is 36.0 Å². The van der Waals surface area contributed by atoms with E-state index in [9.17, 15) is 22.8 Å². The van der Waals surface area contributed by atoms with Gasteiger partial charge in [0.05, 0.1) is 24.1 Å². The standard InChI is InChI=1S/C21H25N3O6S2/c1-13(2)9-15-12-31-20(18(15)21(27)30-3)23-19(26)14-5-4-6-16(10-14)32(28,29)24-8-7-22-17(25)11-24/h4-6,10,12-13H,7-9,11H2,1-3H3,(H,22,25)(H,23,26). The highest BCUT2D eigenvalue weighted by molar-refractivity contribution is 7.89. The van der Waals surface area contributed by atoms with Crippen molar-refractivity contribution in [1.29, 1.82) is 0 Å². The lowest BCUT2D eigenvalue weighted by Gasteiger charge is -2.26. The minimum atomic E-state index is -3.94. The topological polar surface area (TPSA) is 122 Å². The number of esters is 1. The van der Waals surface area contributed by atoms with Crippen molar-refractivity contribution in [2.75, 3.05) is 32.1 Å². The molecule has 32 heavy (non-hydrogen) atoms. The van der Waals surface area contributed by atoms with Crippen molar-refractivity contribution >= 4 is 44.1 Å². The minimum Gasteiger partial charge on any atom is -0.465 e. The first kappa shape index (κ1) is 23.9. The van der Waals surface area contributed by atoms with E-state index in [4.69, 9.17) is 4.74 Å². The molecule has 2 heterocycles. The van der Waals surface area contributed by atoms with Crippen LogP contribution < -0.4 is 10.6 Å². The van der Waals surface area contributed by atoms with Crippen LogP contribution in [-0.4, -0.2) is 57.3 Å². The number of carbonyl (C=O) groups is 3. The second-order valence-corrected chi connectivity index (χ2v) is 10.5. The average Bonchev–Trinajstić information content (AvgIpc) is 3.14. The number of amides is 2. The number of carbonyl (C=O) groups excluding carboxylic acids is 3. The molecule has 1 aliphatic heterocycles. The monoisotopic (exact) mass is 479 g/mol. The van der Waals surface area contributed by atoms with Gasteiger partial charge in [0, 0.05) is 18.7 Å².